The molecule has 1 heterocycles. The average Bonchev–Trinajstić information content (AvgIpc) is 3.41. The van der Waals surface area contributed by atoms with Gasteiger partial charge in [0.1, 0.15) is 17.6 Å². The third-order valence-electron chi connectivity index (χ3n) is 7.62. The SMILES string of the molecule is COc1ccc(CCCC[C@H](CC(C)=O)C(=O)N[C@@H](Cc2c[nH]c3ccccc23)C(=O)NCCc2ccccc2)cc1. The standard InChI is InChI=1S/C35H41N3O4/c1-25(39)22-28(13-7-6-12-27-16-18-30(42-2)19-17-27)34(40)38-33(23-29-24-37-32-15-9-8-14-31(29)32)35(41)36-21-20-26-10-4-3-5-11-26/h3-5,8-11,14-19,24,28,33,37H,6-7,12-13,20-23H2,1-2H3,(H,36,41)(H,38,40)/t28-,33+/m1/s1. The van der Waals surface area contributed by atoms with Crippen molar-refractivity contribution in [1.82, 2.24) is 15.6 Å². The maximum Gasteiger partial charge on any atom is 0.242 e. The van der Waals surface area contributed by atoms with E-state index in [0.717, 1.165) is 47.0 Å². The van der Waals surface area contributed by atoms with Crippen LogP contribution in [0.5, 0.6) is 5.75 Å². The lowest BCUT2D eigenvalue weighted by Crippen LogP contribution is -2.50. The summed E-state index contributed by atoms with van der Waals surface area (Å²) < 4.78 is 5.23. The van der Waals surface area contributed by atoms with Crippen molar-refractivity contribution in [2.75, 3.05) is 13.7 Å². The van der Waals surface area contributed by atoms with E-state index >= 15 is 0 Å². The van der Waals surface area contributed by atoms with E-state index in [1.807, 2.05) is 85.1 Å². The number of benzene rings is 3. The van der Waals surface area contributed by atoms with Gasteiger partial charge in [0.05, 0.1) is 7.11 Å². The molecule has 0 unspecified atom stereocenters. The van der Waals surface area contributed by atoms with Crippen LogP contribution >= 0.6 is 0 Å². The molecule has 0 aliphatic heterocycles. The van der Waals surface area contributed by atoms with E-state index in [-0.39, 0.29) is 24.0 Å². The molecule has 0 saturated carbocycles. The summed E-state index contributed by atoms with van der Waals surface area (Å²) >= 11 is 0. The fraction of sp³-hybridized carbons (Fsp3) is 0.343. The summed E-state index contributed by atoms with van der Waals surface area (Å²) in [4.78, 5) is 42.3. The van der Waals surface area contributed by atoms with Gasteiger partial charge in [0, 0.05) is 42.4 Å². The van der Waals surface area contributed by atoms with Gasteiger partial charge in [-0.15, -0.1) is 0 Å². The first-order valence-corrected chi connectivity index (χ1v) is 14.7. The third kappa shape index (κ3) is 9.06. The number of aromatic amines is 1. The van der Waals surface area contributed by atoms with E-state index in [2.05, 4.69) is 15.6 Å². The Morgan fingerprint density at radius 3 is 2.29 bits per heavy atom. The third-order valence-corrected chi connectivity index (χ3v) is 7.62. The normalized spacial score (nSPS) is 12.4. The molecular weight excluding hydrogens is 526 g/mol. The molecule has 0 fully saturated rings. The minimum absolute atomic E-state index is 0.0363. The van der Waals surface area contributed by atoms with Crippen molar-refractivity contribution in [3.05, 3.63) is 102 Å². The summed E-state index contributed by atoms with van der Waals surface area (Å²) in [5, 5.41) is 7.05. The number of nitrogens with one attached hydrogen (secondary N) is 3. The molecule has 0 aliphatic carbocycles. The van der Waals surface area contributed by atoms with Gasteiger partial charge < -0.3 is 25.1 Å². The van der Waals surface area contributed by atoms with Gasteiger partial charge in [-0.1, -0.05) is 67.1 Å². The molecule has 4 aromatic rings. The van der Waals surface area contributed by atoms with E-state index in [4.69, 9.17) is 4.74 Å². The Kier molecular flexibility index (Phi) is 11.3. The average molecular weight is 568 g/mol. The van der Waals surface area contributed by atoms with Crippen LogP contribution in [0.15, 0.2) is 85.1 Å². The second kappa shape index (κ2) is 15.6. The molecular formula is C35H41N3O4. The monoisotopic (exact) mass is 567 g/mol. The first-order chi connectivity index (χ1) is 20.4. The van der Waals surface area contributed by atoms with Crippen LogP contribution in [0.4, 0.5) is 0 Å². The number of para-hydroxylation sites is 1. The van der Waals surface area contributed by atoms with E-state index in [1.165, 1.54) is 12.5 Å². The first kappa shape index (κ1) is 30.6. The summed E-state index contributed by atoms with van der Waals surface area (Å²) in [6, 6.07) is 25.1. The van der Waals surface area contributed by atoms with E-state index < -0.39 is 12.0 Å². The summed E-state index contributed by atoms with van der Waals surface area (Å²) in [6.07, 6.45) is 6.25. The molecule has 0 radical (unpaired) electrons. The number of carbonyl (C=O) groups is 3. The molecule has 3 aromatic carbocycles. The lowest BCUT2D eigenvalue weighted by molar-refractivity contribution is -0.132. The number of rotatable bonds is 16. The number of aryl methyl sites for hydroxylation is 1. The molecule has 0 bridgehead atoms. The molecule has 4 rings (SSSR count). The van der Waals surface area contributed by atoms with Gasteiger partial charge in [-0.3, -0.25) is 9.59 Å². The van der Waals surface area contributed by atoms with Gasteiger partial charge in [-0.2, -0.15) is 0 Å². The van der Waals surface area contributed by atoms with Crippen LogP contribution in [0.3, 0.4) is 0 Å². The van der Waals surface area contributed by atoms with Crippen molar-refractivity contribution >= 4 is 28.5 Å². The van der Waals surface area contributed by atoms with E-state index in [1.54, 1.807) is 7.11 Å². The number of carbonyl (C=O) groups excluding carboxylic acids is 3. The Balaban J connectivity index is 1.40. The second-order valence-electron chi connectivity index (χ2n) is 10.8. The van der Waals surface area contributed by atoms with Crippen LogP contribution < -0.4 is 15.4 Å². The quantitative estimate of drug-likeness (QED) is 0.154. The Morgan fingerprint density at radius 2 is 1.55 bits per heavy atom. The number of fused-ring (bicyclic) bond motifs is 1. The molecule has 0 spiro atoms. The zero-order valence-corrected chi connectivity index (χ0v) is 24.5. The van der Waals surface area contributed by atoms with Gasteiger partial charge in [0.2, 0.25) is 11.8 Å². The van der Waals surface area contributed by atoms with Crippen LogP contribution in [0.2, 0.25) is 0 Å². The maximum absolute atomic E-state index is 13.6. The highest BCUT2D eigenvalue weighted by molar-refractivity contribution is 5.91. The molecule has 42 heavy (non-hydrogen) atoms. The van der Waals surface area contributed by atoms with Gasteiger partial charge in [0.15, 0.2) is 0 Å². The van der Waals surface area contributed by atoms with Crippen molar-refractivity contribution in [2.45, 2.75) is 57.9 Å². The Morgan fingerprint density at radius 1 is 0.833 bits per heavy atom. The molecule has 3 N–H and O–H groups in total. The van der Waals surface area contributed by atoms with Crippen molar-refractivity contribution in [2.24, 2.45) is 5.92 Å². The summed E-state index contributed by atoms with van der Waals surface area (Å²) in [5.74, 6) is -0.182. The topological polar surface area (TPSA) is 100 Å². The maximum atomic E-state index is 13.6. The largest absolute Gasteiger partial charge is 0.497 e. The first-order valence-electron chi connectivity index (χ1n) is 14.7. The van der Waals surface area contributed by atoms with Gasteiger partial charge in [0.25, 0.3) is 0 Å². The van der Waals surface area contributed by atoms with Gasteiger partial charge in [-0.25, -0.2) is 0 Å². The summed E-state index contributed by atoms with van der Waals surface area (Å²) in [6.45, 7) is 1.97. The highest BCUT2D eigenvalue weighted by Gasteiger charge is 2.27. The predicted molar refractivity (Wildman–Crippen MR) is 166 cm³/mol. The van der Waals surface area contributed by atoms with E-state index in [0.29, 0.717) is 25.8 Å². The fourth-order valence-electron chi connectivity index (χ4n) is 5.30. The Labute approximate surface area is 248 Å². The molecule has 2 atom stereocenters. The smallest absolute Gasteiger partial charge is 0.242 e. The number of methoxy groups -OCH3 is 1. The van der Waals surface area contributed by atoms with Crippen LogP contribution in [0, 0.1) is 5.92 Å². The highest BCUT2D eigenvalue weighted by atomic mass is 16.5. The lowest BCUT2D eigenvalue weighted by atomic mass is 9.93. The van der Waals surface area contributed by atoms with Gasteiger partial charge >= 0.3 is 0 Å². The Hall–Kier alpha value is -4.39. The number of amides is 2. The molecule has 7 heteroatoms. The molecule has 220 valence electrons. The predicted octanol–water partition coefficient (Wildman–Crippen LogP) is 5.57. The number of H-pyrrole nitrogens is 1. The number of hydrogen-bond donors (Lipinski definition) is 3. The molecule has 0 saturated heterocycles. The number of hydrogen-bond acceptors (Lipinski definition) is 4. The van der Waals surface area contributed by atoms with Gasteiger partial charge in [-0.05, 0) is 67.5 Å². The Bertz CT molecular complexity index is 1450. The van der Waals surface area contributed by atoms with Crippen molar-refractivity contribution in [3.8, 4) is 5.75 Å². The number of unbranched alkanes of at least 4 members (excludes halogenated alkanes) is 1. The van der Waals surface area contributed by atoms with Crippen LogP contribution in [0.25, 0.3) is 10.9 Å². The zero-order chi connectivity index (χ0) is 29.7. The van der Waals surface area contributed by atoms with Crippen LogP contribution in [-0.4, -0.2) is 42.3 Å². The summed E-state index contributed by atoms with van der Waals surface area (Å²) in [7, 11) is 1.65. The zero-order valence-electron chi connectivity index (χ0n) is 24.5. The van der Waals surface area contributed by atoms with Crippen LogP contribution in [0.1, 0.15) is 49.3 Å². The molecule has 1 aromatic heterocycles. The van der Waals surface area contributed by atoms with Crippen molar-refractivity contribution in [3.63, 3.8) is 0 Å². The lowest BCUT2D eigenvalue weighted by Gasteiger charge is -2.22. The number of ketones is 1. The number of ether oxygens (including phenoxy) is 1. The minimum atomic E-state index is -0.763. The summed E-state index contributed by atoms with van der Waals surface area (Å²) in [5.41, 5.74) is 4.27. The molecule has 0 aliphatic rings. The van der Waals surface area contributed by atoms with E-state index in [9.17, 15) is 14.4 Å². The fourth-order valence-corrected chi connectivity index (χ4v) is 5.30. The minimum Gasteiger partial charge on any atom is -0.497 e. The molecule has 7 nitrogen and oxygen atoms in total. The van der Waals surface area contributed by atoms with Crippen LogP contribution in [-0.2, 0) is 33.6 Å². The number of aromatic nitrogens is 1. The number of Topliss-reactive ketones (excluding diaryl/α,β-unsaturated/α-hetero) is 1. The van der Waals surface area contributed by atoms with Crippen molar-refractivity contribution in [1.29, 1.82) is 0 Å². The highest BCUT2D eigenvalue weighted by Crippen LogP contribution is 2.21. The molecule has 2 amide bonds. The second-order valence-corrected chi connectivity index (χ2v) is 10.8. The van der Waals surface area contributed by atoms with Crippen molar-refractivity contribution < 1.29 is 19.1 Å².